The molecule has 4 heteroatoms. The van der Waals surface area contributed by atoms with Crippen molar-refractivity contribution in [1.29, 1.82) is 0 Å². The van der Waals surface area contributed by atoms with Gasteiger partial charge in [0.2, 0.25) is 11.8 Å². The molecule has 0 aromatic heterocycles. The minimum absolute atomic E-state index is 0.259. The number of carbonyl (C=O) groups is 2. The van der Waals surface area contributed by atoms with Crippen molar-refractivity contribution in [3.05, 3.63) is 71.8 Å². The largest absolute Gasteiger partial charge is 0.369 e. The fraction of sp³-hybridized carbons (Fsp3) is 0.300. The van der Waals surface area contributed by atoms with Crippen molar-refractivity contribution in [3.8, 4) is 0 Å². The third kappa shape index (κ3) is 3.04. The Labute approximate surface area is 142 Å². The minimum atomic E-state index is -1.07. The predicted octanol–water partition coefficient (Wildman–Crippen LogP) is 2.94. The molecule has 1 fully saturated rings. The number of rotatable bonds is 5. The molecule has 2 aromatic carbocycles. The van der Waals surface area contributed by atoms with Crippen LogP contribution < -0.4 is 11.1 Å². The topological polar surface area (TPSA) is 72.2 Å². The molecule has 1 saturated carbocycles. The van der Waals surface area contributed by atoms with Gasteiger partial charge in [0.25, 0.3) is 0 Å². The third-order valence-electron chi connectivity index (χ3n) is 4.90. The summed E-state index contributed by atoms with van der Waals surface area (Å²) in [5, 5.41) is 3.07. The highest BCUT2D eigenvalue weighted by molar-refractivity contribution is 6.04. The molecule has 3 rings (SSSR count). The highest BCUT2D eigenvalue weighted by Gasteiger charge is 2.47. The van der Waals surface area contributed by atoms with Crippen LogP contribution in [-0.2, 0) is 9.59 Å². The Hall–Kier alpha value is -2.62. The van der Waals surface area contributed by atoms with Gasteiger partial charge in [-0.2, -0.15) is 0 Å². The molecular weight excluding hydrogens is 300 g/mol. The van der Waals surface area contributed by atoms with Gasteiger partial charge in [-0.15, -0.1) is 0 Å². The van der Waals surface area contributed by atoms with Crippen molar-refractivity contribution in [2.75, 3.05) is 0 Å². The van der Waals surface area contributed by atoms with E-state index in [1.807, 2.05) is 60.7 Å². The predicted molar refractivity (Wildman–Crippen MR) is 93.0 cm³/mol. The van der Waals surface area contributed by atoms with E-state index in [0.717, 1.165) is 24.0 Å². The van der Waals surface area contributed by atoms with Crippen LogP contribution in [0.1, 0.15) is 42.9 Å². The van der Waals surface area contributed by atoms with Crippen LogP contribution in [0.25, 0.3) is 0 Å². The van der Waals surface area contributed by atoms with E-state index >= 15 is 0 Å². The first kappa shape index (κ1) is 16.2. The number of carbonyl (C=O) groups excluding carboxylic acids is 2. The van der Waals surface area contributed by atoms with Crippen LogP contribution in [0.15, 0.2) is 60.7 Å². The molecule has 0 spiro atoms. The third-order valence-corrected chi connectivity index (χ3v) is 4.90. The zero-order valence-corrected chi connectivity index (χ0v) is 13.6. The Balaban J connectivity index is 1.93. The number of hydrogen-bond donors (Lipinski definition) is 2. The van der Waals surface area contributed by atoms with Gasteiger partial charge < -0.3 is 11.1 Å². The summed E-state index contributed by atoms with van der Waals surface area (Å²) >= 11 is 0. The lowest BCUT2D eigenvalue weighted by atomic mass is 9.83. The SMILES string of the molecule is NC(=O)C1(C(=O)NC(c2ccccc2)c2ccccc2)CCCC1. The van der Waals surface area contributed by atoms with Gasteiger partial charge in [-0.05, 0) is 24.0 Å². The first-order valence-corrected chi connectivity index (χ1v) is 8.34. The second kappa shape index (κ2) is 6.87. The fourth-order valence-corrected chi connectivity index (χ4v) is 3.48. The molecule has 0 heterocycles. The normalized spacial score (nSPS) is 16.0. The molecular formula is C20H22N2O2. The molecule has 1 aliphatic rings. The van der Waals surface area contributed by atoms with Gasteiger partial charge in [0.05, 0.1) is 6.04 Å². The lowest BCUT2D eigenvalue weighted by Crippen LogP contribution is -2.49. The molecule has 24 heavy (non-hydrogen) atoms. The molecule has 1 aliphatic carbocycles. The summed E-state index contributed by atoms with van der Waals surface area (Å²) in [5.41, 5.74) is 6.48. The summed E-state index contributed by atoms with van der Waals surface area (Å²) in [4.78, 5) is 24.9. The summed E-state index contributed by atoms with van der Waals surface area (Å²) < 4.78 is 0. The van der Waals surface area contributed by atoms with Crippen molar-refractivity contribution in [2.24, 2.45) is 11.1 Å². The van der Waals surface area contributed by atoms with Crippen LogP contribution in [0.4, 0.5) is 0 Å². The zero-order chi connectivity index (χ0) is 17.0. The van der Waals surface area contributed by atoms with Gasteiger partial charge in [0, 0.05) is 0 Å². The number of nitrogens with two attached hydrogens (primary N) is 1. The molecule has 0 radical (unpaired) electrons. The van der Waals surface area contributed by atoms with Gasteiger partial charge in [-0.3, -0.25) is 9.59 Å². The van der Waals surface area contributed by atoms with Gasteiger partial charge in [0.15, 0.2) is 0 Å². The van der Waals surface area contributed by atoms with Crippen LogP contribution in [-0.4, -0.2) is 11.8 Å². The maximum absolute atomic E-state index is 13.0. The lowest BCUT2D eigenvalue weighted by Gasteiger charge is -2.28. The Morgan fingerprint density at radius 1 is 0.875 bits per heavy atom. The number of amides is 2. The molecule has 2 aromatic rings. The maximum Gasteiger partial charge on any atom is 0.236 e. The monoisotopic (exact) mass is 322 g/mol. The lowest BCUT2D eigenvalue weighted by molar-refractivity contribution is -0.141. The Bertz CT molecular complexity index is 667. The van der Waals surface area contributed by atoms with E-state index in [1.54, 1.807) is 0 Å². The van der Waals surface area contributed by atoms with E-state index in [1.165, 1.54) is 0 Å². The van der Waals surface area contributed by atoms with E-state index in [9.17, 15) is 9.59 Å². The molecule has 0 bridgehead atoms. The fourth-order valence-electron chi connectivity index (χ4n) is 3.48. The van der Waals surface area contributed by atoms with Gasteiger partial charge in [0.1, 0.15) is 5.41 Å². The van der Waals surface area contributed by atoms with Gasteiger partial charge in [-0.25, -0.2) is 0 Å². The molecule has 124 valence electrons. The van der Waals surface area contributed by atoms with Crippen molar-refractivity contribution in [2.45, 2.75) is 31.7 Å². The standard InChI is InChI=1S/C20H22N2O2/c21-18(23)20(13-7-8-14-20)19(24)22-17(15-9-3-1-4-10-15)16-11-5-2-6-12-16/h1-6,9-12,17H,7-8,13-14H2,(H2,21,23)(H,22,24). The van der Waals surface area contributed by atoms with Crippen molar-refractivity contribution in [1.82, 2.24) is 5.32 Å². The first-order chi connectivity index (χ1) is 11.6. The quantitative estimate of drug-likeness (QED) is 0.831. The van der Waals surface area contributed by atoms with Gasteiger partial charge >= 0.3 is 0 Å². The number of nitrogens with one attached hydrogen (secondary N) is 1. The molecule has 0 saturated heterocycles. The van der Waals surface area contributed by atoms with E-state index in [-0.39, 0.29) is 11.9 Å². The van der Waals surface area contributed by atoms with Crippen LogP contribution in [0.5, 0.6) is 0 Å². The molecule has 0 unspecified atom stereocenters. The number of benzene rings is 2. The van der Waals surface area contributed by atoms with Gasteiger partial charge in [-0.1, -0.05) is 73.5 Å². The van der Waals surface area contributed by atoms with Crippen LogP contribution in [0.3, 0.4) is 0 Å². The smallest absolute Gasteiger partial charge is 0.236 e. The number of hydrogen-bond acceptors (Lipinski definition) is 2. The van der Waals surface area contributed by atoms with E-state index < -0.39 is 11.3 Å². The van der Waals surface area contributed by atoms with Crippen LogP contribution in [0, 0.1) is 5.41 Å². The Kier molecular flexibility index (Phi) is 4.65. The summed E-state index contributed by atoms with van der Waals surface area (Å²) in [6.07, 6.45) is 2.78. The highest BCUT2D eigenvalue weighted by Crippen LogP contribution is 2.39. The molecule has 4 nitrogen and oxygen atoms in total. The molecule has 2 amide bonds. The summed E-state index contributed by atoms with van der Waals surface area (Å²) in [6.45, 7) is 0. The minimum Gasteiger partial charge on any atom is -0.369 e. The summed E-state index contributed by atoms with van der Waals surface area (Å²) in [6, 6.07) is 19.3. The molecule has 0 aliphatic heterocycles. The highest BCUT2D eigenvalue weighted by atomic mass is 16.2. The van der Waals surface area contributed by atoms with Crippen LogP contribution in [0.2, 0.25) is 0 Å². The average Bonchev–Trinajstić information content (AvgIpc) is 3.12. The van der Waals surface area contributed by atoms with E-state index in [4.69, 9.17) is 5.73 Å². The van der Waals surface area contributed by atoms with Crippen molar-refractivity contribution < 1.29 is 9.59 Å². The number of primary amides is 1. The van der Waals surface area contributed by atoms with Crippen LogP contribution >= 0.6 is 0 Å². The summed E-state index contributed by atoms with van der Waals surface area (Å²) in [5.74, 6) is -0.775. The first-order valence-electron chi connectivity index (χ1n) is 8.34. The van der Waals surface area contributed by atoms with Crippen molar-refractivity contribution in [3.63, 3.8) is 0 Å². The average molecular weight is 322 g/mol. The molecule has 0 atom stereocenters. The van der Waals surface area contributed by atoms with Crippen molar-refractivity contribution >= 4 is 11.8 Å². The molecule has 3 N–H and O–H groups in total. The zero-order valence-electron chi connectivity index (χ0n) is 13.6. The van der Waals surface area contributed by atoms with E-state index in [2.05, 4.69) is 5.32 Å². The van der Waals surface area contributed by atoms with E-state index in [0.29, 0.717) is 12.8 Å². The Morgan fingerprint density at radius 2 is 1.33 bits per heavy atom. The summed E-state index contributed by atoms with van der Waals surface area (Å²) in [7, 11) is 0. The maximum atomic E-state index is 13.0. The Morgan fingerprint density at radius 3 is 1.75 bits per heavy atom. The second-order valence-electron chi connectivity index (χ2n) is 6.38. The second-order valence-corrected chi connectivity index (χ2v) is 6.38.